The zero-order valence-electron chi connectivity index (χ0n) is 11.5. The van der Waals surface area contributed by atoms with Gasteiger partial charge in [0.25, 0.3) is 0 Å². The van der Waals surface area contributed by atoms with Crippen LogP contribution in [0, 0.1) is 5.92 Å². The number of carboxylic acid groups (broad SMARTS) is 1. The molecule has 1 aliphatic heterocycles. The van der Waals surface area contributed by atoms with E-state index in [0.717, 1.165) is 31.9 Å². The molecule has 1 atom stereocenters. The van der Waals surface area contributed by atoms with E-state index in [1.54, 1.807) is 16.5 Å². The normalized spacial score (nSPS) is 19.8. The molecular formula is C14H18N4O2. The van der Waals surface area contributed by atoms with Gasteiger partial charge in [-0.15, -0.1) is 10.2 Å². The first-order valence-electron chi connectivity index (χ1n) is 6.97. The number of carboxylic acids is 1. The van der Waals surface area contributed by atoms with Crippen molar-refractivity contribution >= 4 is 11.6 Å². The number of rotatable bonds is 4. The van der Waals surface area contributed by atoms with Gasteiger partial charge < -0.3 is 10.0 Å². The molecule has 1 aliphatic rings. The minimum Gasteiger partial charge on any atom is -0.478 e. The first-order valence-corrected chi connectivity index (χ1v) is 6.97. The Morgan fingerprint density at radius 3 is 3.05 bits per heavy atom. The van der Waals surface area contributed by atoms with Crippen LogP contribution in [-0.4, -0.2) is 50.2 Å². The summed E-state index contributed by atoms with van der Waals surface area (Å²) in [6.45, 7) is 5.48. The third-order valence-electron chi connectivity index (χ3n) is 4.02. The van der Waals surface area contributed by atoms with E-state index in [4.69, 9.17) is 5.11 Å². The molecule has 0 amide bonds. The Balaban J connectivity index is 1.86. The average molecular weight is 274 g/mol. The largest absolute Gasteiger partial charge is 0.478 e. The highest BCUT2D eigenvalue weighted by molar-refractivity contribution is 5.94. The number of carbonyl (C=O) groups is 1. The maximum absolute atomic E-state index is 11.2. The fourth-order valence-corrected chi connectivity index (χ4v) is 2.89. The molecule has 1 unspecified atom stereocenters. The van der Waals surface area contributed by atoms with Crippen LogP contribution in [0.15, 0.2) is 18.3 Å². The molecule has 0 aromatic carbocycles. The molecule has 0 aliphatic carbocycles. The molecule has 1 saturated heterocycles. The van der Waals surface area contributed by atoms with Gasteiger partial charge in [0.1, 0.15) is 11.4 Å². The van der Waals surface area contributed by atoms with Crippen LogP contribution >= 0.6 is 0 Å². The van der Waals surface area contributed by atoms with E-state index >= 15 is 0 Å². The highest BCUT2D eigenvalue weighted by Crippen LogP contribution is 2.20. The molecule has 2 aromatic heterocycles. The van der Waals surface area contributed by atoms with Crippen molar-refractivity contribution in [3.05, 3.63) is 29.7 Å². The Kier molecular flexibility index (Phi) is 3.40. The lowest BCUT2D eigenvalue weighted by Gasteiger charge is -2.12. The summed E-state index contributed by atoms with van der Waals surface area (Å²) in [4.78, 5) is 13.6. The minimum atomic E-state index is -0.965. The van der Waals surface area contributed by atoms with Crippen LogP contribution in [0.5, 0.6) is 0 Å². The summed E-state index contributed by atoms with van der Waals surface area (Å²) < 4.78 is 1.80. The van der Waals surface area contributed by atoms with Crippen molar-refractivity contribution in [2.45, 2.75) is 19.8 Å². The Morgan fingerprint density at radius 2 is 2.35 bits per heavy atom. The summed E-state index contributed by atoms with van der Waals surface area (Å²) in [5.74, 6) is 0.467. The number of nitrogens with zero attached hydrogens (tertiary/aromatic N) is 4. The number of hydrogen-bond donors (Lipinski definition) is 1. The van der Waals surface area contributed by atoms with Crippen LogP contribution in [-0.2, 0) is 6.42 Å². The highest BCUT2D eigenvalue weighted by atomic mass is 16.4. The Hall–Kier alpha value is -1.95. The van der Waals surface area contributed by atoms with E-state index in [9.17, 15) is 4.79 Å². The van der Waals surface area contributed by atoms with Gasteiger partial charge in [-0.05, 0) is 37.6 Å². The highest BCUT2D eigenvalue weighted by Gasteiger charge is 2.23. The molecule has 0 bridgehead atoms. The van der Waals surface area contributed by atoms with Crippen LogP contribution in [0.2, 0.25) is 0 Å². The van der Waals surface area contributed by atoms with Gasteiger partial charge in [-0.1, -0.05) is 6.92 Å². The number of aromatic carboxylic acids is 1. The van der Waals surface area contributed by atoms with Crippen molar-refractivity contribution in [3.8, 4) is 0 Å². The van der Waals surface area contributed by atoms with E-state index in [2.05, 4.69) is 22.0 Å². The van der Waals surface area contributed by atoms with Gasteiger partial charge in [-0.25, -0.2) is 4.79 Å². The smallest absolute Gasteiger partial charge is 0.339 e. The van der Waals surface area contributed by atoms with E-state index < -0.39 is 5.97 Å². The van der Waals surface area contributed by atoms with Gasteiger partial charge >= 0.3 is 5.97 Å². The summed E-state index contributed by atoms with van der Waals surface area (Å²) in [7, 11) is 0. The average Bonchev–Trinajstić information content (AvgIpc) is 3.06. The lowest BCUT2D eigenvalue weighted by Crippen LogP contribution is -2.20. The first kappa shape index (κ1) is 13.1. The van der Waals surface area contributed by atoms with Gasteiger partial charge in [-0.2, -0.15) is 0 Å². The van der Waals surface area contributed by atoms with Gasteiger partial charge in [0.2, 0.25) is 0 Å². The van der Waals surface area contributed by atoms with Crippen LogP contribution < -0.4 is 0 Å². The number of hydrogen-bond acceptors (Lipinski definition) is 4. The van der Waals surface area contributed by atoms with Gasteiger partial charge in [-0.3, -0.25) is 4.40 Å². The quantitative estimate of drug-likeness (QED) is 0.910. The van der Waals surface area contributed by atoms with Crippen molar-refractivity contribution in [1.82, 2.24) is 19.5 Å². The van der Waals surface area contributed by atoms with Crippen LogP contribution in [0.25, 0.3) is 5.65 Å². The predicted molar refractivity (Wildman–Crippen MR) is 73.9 cm³/mol. The predicted octanol–water partition coefficient (Wildman–Crippen LogP) is 1.31. The molecule has 0 spiro atoms. The van der Waals surface area contributed by atoms with Crippen molar-refractivity contribution in [1.29, 1.82) is 0 Å². The molecular weight excluding hydrogens is 256 g/mol. The Labute approximate surface area is 117 Å². The van der Waals surface area contributed by atoms with Gasteiger partial charge in [0.05, 0.1) is 0 Å². The maximum atomic E-state index is 11.2. The van der Waals surface area contributed by atoms with Crippen LogP contribution in [0.4, 0.5) is 0 Å². The molecule has 6 nitrogen and oxygen atoms in total. The van der Waals surface area contributed by atoms with E-state index in [-0.39, 0.29) is 5.56 Å². The summed E-state index contributed by atoms with van der Waals surface area (Å²) in [6.07, 6.45) is 3.85. The lowest BCUT2D eigenvalue weighted by molar-refractivity contribution is 0.0698. The summed E-state index contributed by atoms with van der Waals surface area (Å²) in [5, 5.41) is 17.4. The minimum absolute atomic E-state index is 0.202. The maximum Gasteiger partial charge on any atom is 0.339 e. The van der Waals surface area contributed by atoms with Crippen LogP contribution in [0.1, 0.15) is 29.5 Å². The van der Waals surface area contributed by atoms with E-state index in [0.29, 0.717) is 11.6 Å². The molecule has 1 N–H and O–H groups in total. The third-order valence-corrected chi connectivity index (χ3v) is 4.02. The summed E-state index contributed by atoms with van der Waals surface area (Å²) in [6, 6.07) is 3.29. The molecule has 6 heteroatoms. The third kappa shape index (κ3) is 2.27. The molecule has 106 valence electrons. The monoisotopic (exact) mass is 274 g/mol. The second-order valence-electron chi connectivity index (χ2n) is 5.29. The Bertz CT molecular complexity index is 637. The number of likely N-dealkylation sites (tertiary alicyclic amines) is 1. The molecule has 1 fully saturated rings. The molecule has 0 saturated carbocycles. The van der Waals surface area contributed by atoms with Gasteiger partial charge in [0, 0.05) is 19.2 Å². The summed E-state index contributed by atoms with van der Waals surface area (Å²) >= 11 is 0. The second kappa shape index (κ2) is 5.20. The number of fused-ring (bicyclic) bond motifs is 1. The number of pyridine rings is 1. The summed E-state index contributed by atoms with van der Waals surface area (Å²) in [5.41, 5.74) is 0.633. The SMILES string of the molecule is CCN1CCC(Cc2nnc3c(C(=O)O)cccn23)C1. The molecule has 0 radical (unpaired) electrons. The molecule has 3 heterocycles. The second-order valence-corrected chi connectivity index (χ2v) is 5.29. The standard InChI is InChI=1S/C14H18N4O2/c1-2-17-7-5-10(9-17)8-12-15-16-13-11(14(19)20)4-3-6-18(12)13/h3-4,6,10H,2,5,7-9H2,1H3,(H,19,20). The van der Waals surface area contributed by atoms with Crippen molar-refractivity contribution in [2.75, 3.05) is 19.6 Å². The molecule has 20 heavy (non-hydrogen) atoms. The zero-order chi connectivity index (χ0) is 14.1. The molecule has 2 aromatic rings. The van der Waals surface area contributed by atoms with Crippen LogP contribution in [0.3, 0.4) is 0 Å². The first-order chi connectivity index (χ1) is 9.69. The van der Waals surface area contributed by atoms with Crippen molar-refractivity contribution < 1.29 is 9.90 Å². The van der Waals surface area contributed by atoms with Crippen molar-refractivity contribution in [3.63, 3.8) is 0 Å². The van der Waals surface area contributed by atoms with E-state index in [1.807, 2.05) is 6.20 Å². The molecule has 3 rings (SSSR count). The fraction of sp³-hybridized carbons (Fsp3) is 0.500. The van der Waals surface area contributed by atoms with E-state index in [1.165, 1.54) is 6.42 Å². The van der Waals surface area contributed by atoms with Gasteiger partial charge in [0.15, 0.2) is 5.65 Å². The van der Waals surface area contributed by atoms with Crippen molar-refractivity contribution in [2.24, 2.45) is 5.92 Å². The topological polar surface area (TPSA) is 70.7 Å². The fourth-order valence-electron chi connectivity index (χ4n) is 2.89. The number of aromatic nitrogens is 3. The lowest BCUT2D eigenvalue weighted by atomic mass is 10.0. The Morgan fingerprint density at radius 1 is 1.50 bits per heavy atom. The zero-order valence-corrected chi connectivity index (χ0v) is 11.5.